The maximum Gasteiger partial charge on any atom is 0.335 e. The van der Waals surface area contributed by atoms with Crippen LogP contribution in [0.4, 0.5) is 0 Å². The average molecular weight is 272 g/mol. The Morgan fingerprint density at radius 3 is 2.35 bits per heavy atom. The Bertz CT molecular complexity index is 656. The van der Waals surface area contributed by atoms with Crippen molar-refractivity contribution in [2.45, 2.75) is 0 Å². The van der Waals surface area contributed by atoms with Gasteiger partial charge in [-0.3, -0.25) is 0 Å². The van der Waals surface area contributed by atoms with Crippen molar-refractivity contribution in [3.05, 3.63) is 49.1 Å². The molecule has 20 heavy (non-hydrogen) atoms. The fourth-order valence-electron chi connectivity index (χ4n) is 1.75. The van der Waals surface area contributed by atoms with Gasteiger partial charge in [0.05, 0.1) is 0 Å². The normalized spacial score (nSPS) is 10.0. The Balaban J connectivity index is 2.58. The maximum absolute atomic E-state index is 11.3. The molecule has 5 heteroatoms. The molecule has 2 rings (SSSR count). The molecule has 5 nitrogen and oxygen atoms in total. The van der Waals surface area contributed by atoms with Crippen LogP contribution in [0.25, 0.3) is 11.1 Å². The number of carbonyl (C=O) groups excluding carboxylic acids is 1. The molecule has 102 valence electrons. The van der Waals surface area contributed by atoms with Gasteiger partial charge in [-0.05, 0) is 23.8 Å². The summed E-state index contributed by atoms with van der Waals surface area (Å²) in [6.45, 7) is 3.28. The average Bonchev–Trinajstić information content (AvgIpc) is 2.39. The minimum Gasteiger partial charge on any atom is -0.508 e. The molecular weight excluding hydrogens is 260 g/mol. The molecule has 2 aromatic carbocycles. The summed E-state index contributed by atoms with van der Waals surface area (Å²) in [4.78, 5) is 11.3. The van der Waals surface area contributed by atoms with Crippen LogP contribution in [0.5, 0.6) is 23.0 Å². The number of phenols is 3. The van der Waals surface area contributed by atoms with Gasteiger partial charge in [-0.1, -0.05) is 18.7 Å². The first kappa shape index (κ1) is 13.5. The van der Waals surface area contributed by atoms with Gasteiger partial charge in [0.25, 0.3) is 0 Å². The first-order valence-corrected chi connectivity index (χ1v) is 5.71. The lowest BCUT2D eigenvalue weighted by atomic mass is 10.0. The van der Waals surface area contributed by atoms with E-state index in [1.165, 1.54) is 24.3 Å². The summed E-state index contributed by atoms with van der Waals surface area (Å²) in [5.41, 5.74) is 0.747. The molecule has 0 aliphatic carbocycles. The van der Waals surface area contributed by atoms with E-state index in [0.29, 0.717) is 11.1 Å². The molecule has 0 aliphatic heterocycles. The number of rotatable bonds is 3. The van der Waals surface area contributed by atoms with Crippen molar-refractivity contribution in [3.8, 4) is 34.1 Å². The van der Waals surface area contributed by atoms with Crippen molar-refractivity contribution < 1.29 is 24.9 Å². The molecule has 0 aromatic heterocycles. The highest BCUT2D eigenvalue weighted by Gasteiger charge is 2.15. The van der Waals surface area contributed by atoms with Gasteiger partial charge in [0, 0.05) is 17.7 Å². The van der Waals surface area contributed by atoms with Gasteiger partial charge in [-0.25, -0.2) is 4.79 Å². The predicted octanol–water partition coefficient (Wildman–Crippen LogP) is 2.56. The van der Waals surface area contributed by atoms with E-state index < -0.39 is 5.97 Å². The number of phenolic OH excluding ortho intramolecular Hbond substituents is 3. The second-order valence-corrected chi connectivity index (χ2v) is 4.02. The highest BCUT2D eigenvalue weighted by molar-refractivity contribution is 5.87. The molecule has 0 saturated carbocycles. The topological polar surface area (TPSA) is 87.0 Å². The van der Waals surface area contributed by atoms with Crippen molar-refractivity contribution in [2.75, 3.05) is 0 Å². The summed E-state index contributed by atoms with van der Waals surface area (Å²) < 4.78 is 4.99. The van der Waals surface area contributed by atoms with E-state index in [1.807, 2.05) is 0 Å². The van der Waals surface area contributed by atoms with Crippen LogP contribution in [0.2, 0.25) is 0 Å². The summed E-state index contributed by atoms with van der Waals surface area (Å²) in [5, 5.41) is 28.8. The monoisotopic (exact) mass is 272 g/mol. The number of hydrogen-bond acceptors (Lipinski definition) is 5. The quantitative estimate of drug-likeness (QED) is 0.454. The van der Waals surface area contributed by atoms with Crippen molar-refractivity contribution in [1.29, 1.82) is 0 Å². The summed E-state index contributed by atoms with van der Waals surface area (Å²) in [5.74, 6) is -1.33. The molecule has 0 amide bonds. The van der Waals surface area contributed by atoms with Crippen LogP contribution in [0.1, 0.15) is 0 Å². The lowest BCUT2D eigenvalue weighted by Crippen LogP contribution is -2.04. The molecule has 0 fully saturated rings. The number of para-hydroxylation sites is 1. The van der Waals surface area contributed by atoms with E-state index >= 15 is 0 Å². The highest BCUT2D eigenvalue weighted by atomic mass is 16.5. The van der Waals surface area contributed by atoms with Crippen LogP contribution < -0.4 is 4.74 Å². The second-order valence-electron chi connectivity index (χ2n) is 4.02. The van der Waals surface area contributed by atoms with Gasteiger partial charge in [0.15, 0.2) is 11.5 Å². The third-order valence-corrected chi connectivity index (χ3v) is 2.58. The van der Waals surface area contributed by atoms with Crippen LogP contribution in [0.3, 0.4) is 0 Å². The van der Waals surface area contributed by atoms with E-state index in [1.54, 1.807) is 12.1 Å². The molecule has 0 saturated heterocycles. The molecule has 0 bridgehead atoms. The van der Waals surface area contributed by atoms with Crippen molar-refractivity contribution >= 4 is 5.97 Å². The SMILES string of the molecule is C=CC(=O)Oc1c(O)cccc1-c1cc(O)cc(O)c1. The summed E-state index contributed by atoms with van der Waals surface area (Å²) in [7, 11) is 0. The Labute approximate surface area is 115 Å². The fourth-order valence-corrected chi connectivity index (χ4v) is 1.75. The number of aromatic hydroxyl groups is 3. The lowest BCUT2D eigenvalue weighted by molar-refractivity contribution is -0.129. The van der Waals surface area contributed by atoms with Crippen molar-refractivity contribution in [2.24, 2.45) is 0 Å². The maximum atomic E-state index is 11.3. The Morgan fingerprint density at radius 2 is 1.75 bits per heavy atom. The van der Waals surface area contributed by atoms with Crippen LogP contribution in [-0.4, -0.2) is 21.3 Å². The Hall–Kier alpha value is -2.95. The first-order valence-electron chi connectivity index (χ1n) is 5.71. The van der Waals surface area contributed by atoms with Crippen molar-refractivity contribution in [3.63, 3.8) is 0 Å². The summed E-state index contributed by atoms with van der Waals surface area (Å²) in [6, 6.07) is 8.41. The number of ether oxygens (including phenoxy) is 1. The van der Waals surface area contributed by atoms with E-state index in [9.17, 15) is 20.1 Å². The van der Waals surface area contributed by atoms with Gasteiger partial charge in [-0.15, -0.1) is 0 Å². The van der Waals surface area contributed by atoms with Crippen LogP contribution in [0.15, 0.2) is 49.1 Å². The van der Waals surface area contributed by atoms with Gasteiger partial charge in [-0.2, -0.15) is 0 Å². The first-order chi connectivity index (χ1) is 9.51. The van der Waals surface area contributed by atoms with Crippen LogP contribution in [0, 0.1) is 0 Å². The van der Waals surface area contributed by atoms with Gasteiger partial charge in [0.2, 0.25) is 0 Å². The zero-order valence-corrected chi connectivity index (χ0v) is 10.4. The van der Waals surface area contributed by atoms with E-state index in [-0.39, 0.29) is 23.0 Å². The number of hydrogen-bond donors (Lipinski definition) is 3. The van der Waals surface area contributed by atoms with Gasteiger partial charge < -0.3 is 20.1 Å². The minimum atomic E-state index is -0.725. The Morgan fingerprint density at radius 1 is 1.10 bits per heavy atom. The molecule has 0 radical (unpaired) electrons. The molecule has 0 spiro atoms. The second kappa shape index (κ2) is 5.36. The predicted molar refractivity (Wildman–Crippen MR) is 72.7 cm³/mol. The highest BCUT2D eigenvalue weighted by Crippen LogP contribution is 2.39. The largest absolute Gasteiger partial charge is 0.508 e. The fraction of sp³-hybridized carbons (Fsp3) is 0. The van der Waals surface area contributed by atoms with Crippen LogP contribution >= 0.6 is 0 Å². The number of esters is 1. The molecule has 0 heterocycles. The third kappa shape index (κ3) is 2.72. The zero-order chi connectivity index (χ0) is 14.7. The van der Waals surface area contributed by atoms with E-state index in [2.05, 4.69) is 6.58 Å². The summed E-state index contributed by atoms with van der Waals surface area (Å²) >= 11 is 0. The molecular formula is C15H12O5. The summed E-state index contributed by atoms with van der Waals surface area (Å²) in [6.07, 6.45) is 0.968. The molecule has 0 aliphatic rings. The molecule has 2 aromatic rings. The standard InChI is InChI=1S/C15H12O5/c1-2-14(19)20-15-12(4-3-5-13(15)18)9-6-10(16)8-11(17)7-9/h2-8,16-18H,1H2. The van der Waals surface area contributed by atoms with Gasteiger partial charge >= 0.3 is 5.97 Å². The smallest absolute Gasteiger partial charge is 0.335 e. The van der Waals surface area contributed by atoms with Gasteiger partial charge in [0.1, 0.15) is 11.5 Å². The van der Waals surface area contributed by atoms with E-state index in [4.69, 9.17) is 4.74 Å². The molecule has 0 atom stereocenters. The van der Waals surface area contributed by atoms with Crippen molar-refractivity contribution in [1.82, 2.24) is 0 Å². The van der Waals surface area contributed by atoms with E-state index in [0.717, 1.165) is 6.08 Å². The lowest BCUT2D eigenvalue weighted by Gasteiger charge is -2.11. The minimum absolute atomic E-state index is 0.0672. The Kier molecular flexibility index (Phi) is 3.61. The van der Waals surface area contributed by atoms with Crippen LogP contribution in [-0.2, 0) is 4.79 Å². The molecule has 3 N–H and O–H groups in total. The third-order valence-electron chi connectivity index (χ3n) is 2.58. The number of carbonyl (C=O) groups is 1. The zero-order valence-electron chi connectivity index (χ0n) is 10.4. The molecule has 0 unspecified atom stereocenters. The number of benzene rings is 2.